The lowest BCUT2D eigenvalue weighted by atomic mass is 10.1. The van der Waals surface area contributed by atoms with Gasteiger partial charge in [-0.25, -0.2) is 0 Å². The van der Waals surface area contributed by atoms with E-state index in [0.717, 1.165) is 11.9 Å². The largest absolute Gasteiger partial charge is 0.355 e. The van der Waals surface area contributed by atoms with Crippen LogP contribution >= 0.6 is 0 Å². The molecule has 1 aromatic carbocycles. The van der Waals surface area contributed by atoms with Gasteiger partial charge < -0.3 is 9.88 Å². The number of carbonyl (C=O) groups is 1. The summed E-state index contributed by atoms with van der Waals surface area (Å²) in [7, 11) is 0. The number of hydrogen-bond acceptors (Lipinski definition) is 1. The van der Waals surface area contributed by atoms with Crippen molar-refractivity contribution in [3.05, 3.63) is 36.0 Å². The maximum atomic E-state index is 11.6. The van der Waals surface area contributed by atoms with Crippen molar-refractivity contribution in [3.63, 3.8) is 0 Å². The lowest BCUT2D eigenvalue weighted by Crippen LogP contribution is -2.26. The molecule has 0 aliphatic rings. The van der Waals surface area contributed by atoms with Crippen LogP contribution in [0, 0.1) is 0 Å². The summed E-state index contributed by atoms with van der Waals surface area (Å²) in [6.45, 7) is 5.15. The zero-order valence-electron chi connectivity index (χ0n) is 10.4. The number of aromatic nitrogens is 1. The Bertz CT molecular complexity index is 528. The number of rotatable bonds is 4. The molecule has 1 heterocycles. The second-order valence-corrected chi connectivity index (χ2v) is 4.11. The number of amides is 1. The van der Waals surface area contributed by atoms with Crippen LogP contribution in [0.5, 0.6) is 0 Å². The van der Waals surface area contributed by atoms with Crippen LogP contribution < -0.4 is 5.32 Å². The van der Waals surface area contributed by atoms with E-state index in [9.17, 15) is 4.79 Å². The van der Waals surface area contributed by atoms with Crippen molar-refractivity contribution >= 4 is 16.8 Å². The molecule has 90 valence electrons. The van der Waals surface area contributed by atoms with Crippen LogP contribution in [-0.2, 0) is 17.8 Å². The van der Waals surface area contributed by atoms with Crippen LogP contribution in [0.1, 0.15) is 19.4 Å². The molecule has 0 unspecified atom stereocenters. The Kier molecular flexibility index (Phi) is 3.47. The number of likely N-dealkylation sites (N-methyl/N-ethyl adjacent to an activating group) is 1. The van der Waals surface area contributed by atoms with Crippen LogP contribution in [0.15, 0.2) is 30.5 Å². The molecule has 0 bridgehead atoms. The fourth-order valence-corrected chi connectivity index (χ4v) is 2.14. The van der Waals surface area contributed by atoms with E-state index < -0.39 is 0 Å². The first-order chi connectivity index (χ1) is 8.26. The minimum Gasteiger partial charge on any atom is -0.355 e. The average Bonchev–Trinajstić information content (AvgIpc) is 2.68. The maximum absolute atomic E-state index is 11.6. The highest BCUT2D eigenvalue weighted by molar-refractivity contribution is 5.86. The molecule has 17 heavy (non-hydrogen) atoms. The first kappa shape index (κ1) is 11.7. The first-order valence-electron chi connectivity index (χ1n) is 6.09. The molecule has 0 atom stereocenters. The van der Waals surface area contributed by atoms with Crippen molar-refractivity contribution < 1.29 is 4.79 Å². The molecule has 1 N–H and O–H groups in total. The summed E-state index contributed by atoms with van der Waals surface area (Å²) in [4.78, 5) is 11.6. The summed E-state index contributed by atoms with van der Waals surface area (Å²) in [6.07, 6.45) is 3.07. The van der Waals surface area contributed by atoms with Crippen molar-refractivity contribution in [2.45, 2.75) is 26.8 Å². The Morgan fingerprint density at radius 3 is 2.76 bits per heavy atom. The van der Waals surface area contributed by atoms with Gasteiger partial charge in [0.05, 0.1) is 0 Å². The van der Waals surface area contributed by atoms with Crippen LogP contribution in [0.3, 0.4) is 0 Å². The van der Waals surface area contributed by atoms with Crippen molar-refractivity contribution in [3.8, 4) is 0 Å². The summed E-state index contributed by atoms with van der Waals surface area (Å²) in [5.41, 5.74) is 2.43. The number of nitrogens with zero attached hydrogens (tertiary/aromatic N) is 1. The molecule has 3 nitrogen and oxygen atoms in total. The van der Waals surface area contributed by atoms with E-state index in [2.05, 4.69) is 30.6 Å². The molecular weight excluding hydrogens is 212 g/mol. The molecule has 1 aromatic heterocycles. The van der Waals surface area contributed by atoms with Crippen molar-refractivity contribution in [2.75, 3.05) is 6.54 Å². The van der Waals surface area contributed by atoms with Crippen LogP contribution in [-0.4, -0.2) is 17.0 Å². The van der Waals surface area contributed by atoms with Gasteiger partial charge >= 0.3 is 0 Å². The Hall–Kier alpha value is -1.77. The van der Waals surface area contributed by atoms with Gasteiger partial charge in [0.1, 0.15) is 6.54 Å². The second-order valence-electron chi connectivity index (χ2n) is 4.11. The molecule has 0 saturated carbocycles. The van der Waals surface area contributed by atoms with E-state index in [-0.39, 0.29) is 5.91 Å². The molecule has 0 aliphatic carbocycles. The smallest absolute Gasteiger partial charge is 0.239 e. The minimum atomic E-state index is 0.0657. The highest BCUT2D eigenvalue weighted by Crippen LogP contribution is 2.21. The lowest BCUT2D eigenvalue weighted by Gasteiger charge is -2.05. The number of hydrogen-bond donors (Lipinski definition) is 1. The molecule has 0 spiro atoms. The van der Waals surface area contributed by atoms with E-state index in [4.69, 9.17) is 0 Å². The third kappa shape index (κ3) is 2.33. The van der Waals surface area contributed by atoms with Crippen LogP contribution in [0.25, 0.3) is 10.9 Å². The van der Waals surface area contributed by atoms with Crippen molar-refractivity contribution in [1.29, 1.82) is 0 Å². The van der Waals surface area contributed by atoms with E-state index in [1.54, 1.807) is 0 Å². The monoisotopic (exact) mass is 230 g/mol. The van der Waals surface area contributed by atoms with Gasteiger partial charge in [-0.3, -0.25) is 4.79 Å². The standard InChI is InChI=1S/C14H18N2O/c1-3-11-9-16(10-14(17)15-4-2)13-8-6-5-7-12(11)13/h5-9H,3-4,10H2,1-2H3,(H,15,17). The predicted octanol–water partition coefficient (Wildman–Crippen LogP) is 2.34. The Balaban J connectivity index is 2.37. The highest BCUT2D eigenvalue weighted by Gasteiger charge is 2.08. The molecule has 0 aliphatic heterocycles. The summed E-state index contributed by atoms with van der Waals surface area (Å²) in [5, 5.41) is 4.08. The Labute approximate surface area is 101 Å². The predicted molar refractivity (Wildman–Crippen MR) is 70.0 cm³/mol. The Morgan fingerprint density at radius 1 is 1.29 bits per heavy atom. The average molecular weight is 230 g/mol. The molecule has 0 fully saturated rings. The van der Waals surface area contributed by atoms with Crippen molar-refractivity contribution in [1.82, 2.24) is 9.88 Å². The van der Waals surface area contributed by atoms with Crippen LogP contribution in [0.4, 0.5) is 0 Å². The van der Waals surface area contributed by atoms with Gasteiger partial charge in [-0.15, -0.1) is 0 Å². The minimum absolute atomic E-state index is 0.0657. The SMILES string of the molecule is CCNC(=O)Cn1cc(CC)c2ccccc21. The maximum Gasteiger partial charge on any atom is 0.239 e. The summed E-state index contributed by atoms with van der Waals surface area (Å²) < 4.78 is 2.03. The number of carbonyl (C=O) groups excluding carboxylic acids is 1. The molecule has 3 heteroatoms. The molecule has 0 saturated heterocycles. The number of fused-ring (bicyclic) bond motifs is 1. The summed E-state index contributed by atoms with van der Waals surface area (Å²) >= 11 is 0. The fraction of sp³-hybridized carbons (Fsp3) is 0.357. The lowest BCUT2D eigenvalue weighted by molar-refractivity contribution is -0.121. The van der Waals surface area contributed by atoms with Crippen molar-refractivity contribution in [2.24, 2.45) is 0 Å². The van der Waals surface area contributed by atoms with Gasteiger partial charge in [-0.1, -0.05) is 25.1 Å². The zero-order chi connectivity index (χ0) is 12.3. The van der Waals surface area contributed by atoms with E-state index >= 15 is 0 Å². The van der Waals surface area contributed by atoms with E-state index in [0.29, 0.717) is 13.1 Å². The molecule has 1 amide bonds. The zero-order valence-corrected chi connectivity index (χ0v) is 10.4. The second kappa shape index (κ2) is 5.04. The third-order valence-electron chi connectivity index (χ3n) is 2.94. The fourth-order valence-electron chi connectivity index (χ4n) is 2.14. The van der Waals surface area contributed by atoms with E-state index in [1.807, 2.05) is 23.6 Å². The quantitative estimate of drug-likeness (QED) is 0.859. The number of benzene rings is 1. The van der Waals surface area contributed by atoms with Gasteiger partial charge in [-0.05, 0) is 25.0 Å². The molecule has 0 radical (unpaired) electrons. The summed E-state index contributed by atoms with van der Waals surface area (Å²) in [5.74, 6) is 0.0657. The number of para-hydroxylation sites is 1. The normalized spacial score (nSPS) is 10.7. The van der Waals surface area contributed by atoms with Gasteiger partial charge in [0, 0.05) is 23.6 Å². The number of aryl methyl sites for hydroxylation is 1. The topological polar surface area (TPSA) is 34.0 Å². The van der Waals surface area contributed by atoms with Gasteiger partial charge in [0.15, 0.2) is 0 Å². The van der Waals surface area contributed by atoms with E-state index in [1.165, 1.54) is 10.9 Å². The first-order valence-corrected chi connectivity index (χ1v) is 6.09. The third-order valence-corrected chi connectivity index (χ3v) is 2.94. The van der Waals surface area contributed by atoms with Gasteiger partial charge in [0.2, 0.25) is 5.91 Å². The van der Waals surface area contributed by atoms with Crippen LogP contribution in [0.2, 0.25) is 0 Å². The molecular formula is C14H18N2O. The Morgan fingerprint density at radius 2 is 2.06 bits per heavy atom. The summed E-state index contributed by atoms with van der Waals surface area (Å²) in [6, 6.07) is 8.23. The highest BCUT2D eigenvalue weighted by atomic mass is 16.1. The molecule has 2 rings (SSSR count). The van der Waals surface area contributed by atoms with Gasteiger partial charge in [0.25, 0.3) is 0 Å². The number of nitrogens with one attached hydrogen (secondary N) is 1. The molecule has 2 aromatic rings. The van der Waals surface area contributed by atoms with Gasteiger partial charge in [-0.2, -0.15) is 0 Å².